The highest BCUT2D eigenvalue weighted by atomic mass is 35.5. The fourth-order valence-electron chi connectivity index (χ4n) is 2.35. The smallest absolute Gasteiger partial charge is 0.128 e. The van der Waals surface area contributed by atoms with E-state index < -0.39 is 0 Å². The molecule has 0 aliphatic carbocycles. The molecular formula is C15H15ClN4. The van der Waals surface area contributed by atoms with Crippen LogP contribution in [0.15, 0.2) is 36.8 Å². The van der Waals surface area contributed by atoms with Crippen molar-refractivity contribution in [3.05, 3.63) is 53.9 Å². The van der Waals surface area contributed by atoms with Crippen LogP contribution in [0, 0.1) is 6.92 Å². The standard InChI is InChI=1S/C15H15ClN4/c1-10-4-3-5-13-14(10)19-15(11(2)16)20(13)8-12-6-7-17-9-18-12/h3-7,9,11H,8H2,1-2H3. The summed E-state index contributed by atoms with van der Waals surface area (Å²) in [5, 5.41) is -0.149. The summed E-state index contributed by atoms with van der Waals surface area (Å²) in [7, 11) is 0. The van der Waals surface area contributed by atoms with Gasteiger partial charge in [0, 0.05) is 6.20 Å². The lowest BCUT2D eigenvalue weighted by atomic mass is 10.2. The van der Waals surface area contributed by atoms with Gasteiger partial charge in [0.05, 0.1) is 28.6 Å². The molecule has 0 N–H and O–H groups in total. The Bertz CT molecular complexity index is 734. The van der Waals surface area contributed by atoms with Crippen molar-refractivity contribution >= 4 is 22.6 Å². The van der Waals surface area contributed by atoms with Crippen LogP contribution in [0.5, 0.6) is 0 Å². The number of fused-ring (bicyclic) bond motifs is 1. The molecule has 5 heteroatoms. The van der Waals surface area contributed by atoms with Crippen molar-refractivity contribution in [1.29, 1.82) is 0 Å². The van der Waals surface area contributed by atoms with Gasteiger partial charge in [0.2, 0.25) is 0 Å². The first kappa shape index (κ1) is 13.1. The molecule has 0 aliphatic heterocycles. The van der Waals surface area contributed by atoms with Crippen LogP contribution in [0.3, 0.4) is 0 Å². The van der Waals surface area contributed by atoms with E-state index in [0.717, 1.165) is 28.1 Å². The SMILES string of the molecule is Cc1cccc2c1nc(C(C)Cl)n2Cc1ccncn1. The molecule has 0 spiro atoms. The topological polar surface area (TPSA) is 43.6 Å². The van der Waals surface area contributed by atoms with Crippen molar-refractivity contribution in [1.82, 2.24) is 19.5 Å². The number of nitrogens with zero attached hydrogens (tertiary/aromatic N) is 4. The minimum absolute atomic E-state index is 0.149. The molecular weight excluding hydrogens is 272 g/mol. The van der Waals surface area contributed by atoms with Crippen molar-refractivity contribution in [3.8, 4) is 0 Å². The number of halogens is 1. The van der Waals surface area contributed by atoms with Crippen LogP contribution in [0.4, 0.5) is 0 Å². The number of alkyl halides is 1. The average Bonchev–Trinajstić information content (AvgIpc) is 2.81. The Balaban J connectivity index is 2.17. The molecule has 1 aromatic carbocycles. The molecule has 2 heterocycles. The van der Waals surface area contributed by atoms with E-state index in [9.17, 15) is 0 Å². The average molecular weight is 287 g/mol. The lowest BCUT2D eigenvalue weighted by Crippen LogP contribution is -2.07. The van der Waals surface area contributed by atoms with E-state index >= 15 is 0 Å². The maximum Gasteiger partial charge on any atom is 0.128 e. The number of para-hydroxylation sites is 1. The van der Waals surface area contributed by atoms with Crippen LogP contribution in [0.25, 0.3) is 11.0 Å². The Hall–Kier alpha value is -1.94. The van der Waals surface area contributed by atoms with E-state index in [1.165, 1.54) is 0 Å². The first-order chi connectivity index (χ1) is 9.66. The Morgan fingerprint density at radius 1 is 1.30 bits per heavy atom. The van der Waals surface area contributed by atoms with Crippen molar-refractivity contribution < 1.29 is 0 Å². The summed E-state index contributed by atoms with van der Waals surface area (Å²) in [6, 6.07) is 8.08. The van der Waals surface area contributed by atoms with Crippen LogP contribution in [0.2, 0.25) is 0 Å². The Kier molecular flexibility index (Phi) is 3.40. The molecule has 0 radical (unpaired) electrons. The van der Waals surface area contributed by atoms with Crippen molar-refractivity contribution in [3.63, 3.8) is 0 Å². The molecule has 3 aromatic rings. The molecule has 0 saturated carbocycles. The summed E-state index contributed by atoms with van der Waals surface area (Å²) in [6.45, 7) is 4.65. The zero-order chi connectivity index (χ0) is 14.1. The first-order valence-corrected chi connectivity index (χ1v) is 6.95. The maximum absolute atomic E-state index is 6.28. The monoisotopic (exact) mass is 286 g/mol. The van der Waals surface area contributed by atoms with Crippen LogP contribution in [-0.4, -0.2) is 19.5 Å². The third-order valence-electron chi connectivity index (χ3n) is 3.33. The van der Waals surface area contributed by atoms with Gasteiger partial charge in [-0.3, -0.25) is 0 Å². The summed E-state index contributed by atoms with van der Waals surface area (Å²) < 4.78 is 2.13. The molecule has 102 valence electrons. The van der Waals surface area contributed by atoms with Gasteiger partial charge in [-0.1, -0.05) is 12.1 Å². The quantitative estimate of drug-likeness (QED) is 0.692. The summed E-state index contributed by atoms with van der Waals surface area (Å²) in [5.41, 5.74) is 4.19. The third kappa shape index (κ3) is 2.27. The van der Waals surface area contributed by atoms with Gasteiger partial charge in [-0.05, 0) is 31.5 Å². The van der Waals surface area contributed by atoms with E-state index in [0.29, 0.717) is 6.54 Å². The molecule has 1 unspecified atom stereocenters. The highest BCUT2D eigenvalue weighted by Gasteiger charge is 2.16. The third-order valence-corrected chi connectivity index (χ3v) is 3.52. The normalized spacial score (nSPS) is 12.8. The van der Waals surface area contributed by atoms with E-state index in [-0.39, 0.29) is 5.38 Å². The minimum Gasteiger partial charge on any atom is -0.321 e. The summed E-state index contributed by atoms with van der Waals surface area (Å²) in [6.07, 6.45) is 3.31. The first-order valence-electron chi connectivity index (χ1n) is 6.51. The number of benzene rings is 1. The van der Waals surface area contributed by atoms with Crippen LogP contribution in [0.1, 0.15) is 29.4 Å². The van der Waals surface area contributed by atoms with Crippen molar-refractivity contribution in [2.24, 2.45) is 0 Å². The van der Waals surface area contributed by atoms with Gasteiger partial charge in [-0.15, -0.1) is 11.6 Å². The van der Waals surface area contributed by atoms with Crippen LogP contribution >= 0.6 is 11.6 Å². The van der Waals surface area contributed by atoms with E-state index in [1.54, 1.807) is 12.5 Å². The van der Waals surface area contributed by atoms with Gasteiger partial charge in [-0.2, -0.15) is 0 Å². The zero-order valence-electron chi connectivity index (χ0n) is 11.4. The molecule has 2 aromatic heterocycles. The largest absolute Gasteiger partial charge is 0.321 e. The van der Waals surface area contributed by atoms with E-state index in [4.69, 9.17) is 16.6 Å². The molecule has 0 bridgehead atoms. The van der Waals surface area contributed by atoms with Crippen LogP contribution < -0.4 is 0 Å². The lowest BCUT2D eigenvalue weighted by Gasteiger charge is -2.09. The molecule has 0 fully saturated rings. The summed E-state index contributed by atoms with van der Waals surface area (Å²) >= 11 is 6.28. The number of hydrogen-bond donors (Lipinski definition) is 0. The van der Waals surface area contributed by atoms with E-state index in [1.807, 2.05) is 19.1 Å². The number of rotatable bonds is 3. The van der Waals surface area contributed by atoms with Gasteiger partial charge >= 0.3 is 0 Å². The second kappa shape index (κ2) is 5.21. The van der Waals surface area contributed by atoms with Gasteiger partial charge < -0.3 is 4.57 Å². The van der Waals surface area contributed by atoms with Crippen molar-refractivity contribution in [2.75, 3.05) is 0 Å². The number of imidazole rings is 1. The fourth-order valence-corrected chi connectivity index (χ4v) is 2.52. The Morgan fingerprint density at radius 3 is 2.85 bits per heavy atom. The molecule has 4 nitrogen and oxygen atoms in total. The maximum atomic E-state index is 6.28. The predicted octanol–water partition coefficient (Wildman–Crippen LogP) is 3.48. The zero-order valence-corrected chi connectivity index (χ0v) is 12.2. The molecule has 20 heavy (non-hydrogen) atoms. The molecule has 0 aliphatic rings. The highest BCUT2D eigenvalue weighted by Crippen LogP contribution is 2.26. The van der Waals surface area contributed by atoms with E-state index in [2.05, 4.69) is 33.6 Å². The summed E-state index contributed by atoms with van der Waals surface area (Å²) in [4.78, 5) is 12.9. The lowest BCUT2D eigenvalue weighted by molar-refractivity contribution is 0.725. The molecule has 3 rings (SSSR count). The van der Waals surface area contributed by atoms with Crippen molar-refractivity contribution in [2.45, 2.75) is 25.8 Å². The molecule has 1 atom stereocenters. The number of aromatic nitrogens is 4. The summed E-state index contributed by atoms with van der Waals surface area (Å²) in [5.74, 6) is 0.870. The Morgan fingerprint density at radius 2 is 2.15 bits per heavy atom. The fraction of sp³-hybridized carbons (Fsp3) is 0.267. The Labute approximate surface area is 122 Å². The predicted molar refractivity (Wildman–Crippen MR) is 79.9 cm³/mol. The van der Waals surface area contributed by atoms with Crippen LogP contribution in [-0.2, 0) is 6.54 Å². The van der Waals surface area contributed by atoms with Gasteiger partial charge in [0.15, 0.2) is 0 Å². The van der Waals surface area contributed by atoms with Gasteiger partial charge in [-0.25, -0.2) is 15.0 Å². The van der Waals surface area contributed by atoms with Gasteiger partial charge in [0.25, 0.3) is 0 Å². The number of hydrogen-bond acceptors (Lipinski definition) is 3. The van der Waals surface area contributed by atoms with Gasteiger partial charge in [0.1, 0.15) is 12.2 Å². The molecule has 0 saturated heterocycles. The number of aryl methyl sites for hydroxylation is 1. The second-order valence-electron chi connectivity index (χ2n) is 4.82. The minimum atomic E-state index is -0.149. The molecule has 0 amide bonds. The highest BCUT2D eigenvalue weighted by molar-refractivity contribution is 6.20. The second-order valence-corrected chi connectivity index (χ2v) is 5.47.